The summed E-state index contributed by atoms with van der Waals surface area (Å²) in [5.74, 6) is 0.271. The first kappa shape index (κ1) is 21.8. The minimum Gasteiger partial charge on any atom is -0.356 e. The Balaban J connectivity index is 1.40. The van der Waals surface area contributed by atoms with E-state index in [4.69, 9.17) is 0 Å². The van der Waals surface area contributed by atoms with Gasteiger partial charge in [-0.25, -0.2) is 0 Å². The number of nitrogens with one attached hydrogen (secondary N) is 1. The SMILES string of the molecule is CN(CCc1ccccc1)C(=O)c1cccc(-c2ccc(C[C@H]3CCCNC3=O)cc2)c1. The third kappa shape index (κ3) is 5.44. The van der Waals surface area contributed by atoms with Gasteiger partial charge >= 0.3 is 0 Å². The van der Waals surface area contributed by atoms with Gasteiger partial charge in [0.25, 0.3) is 5.91 Å². The highest BCUT2D eigenvalue weighted by Crippen LogP contribution is 2.24. The molecule has 32 heavy (non-hydrogen) atoms. The summed E-state index contributed by atoms with van der Waals surface area (Å²) < 4.78 is 0. The van der Waals surface area contributed by atoms with E-state index in [0.717, 1.165) is 43.4 Å². The molecule has 1 atom stereocenters. The lowest BCUT2D eigenvalue weighted by atomic mass is 9.91. The van der Waals surface area contributed by atoms with Crippen LogP contribution < -0.4 is 5.32 Å². The monoisotopic (exact) mass is 426 g/mol. The van der Waals surface area contributed by atoms with Gasteiger partial charge in [-0.3, -0.25) is 9.59 Å². The van der Waals surface area contributed by atoms with E-state index in [1.807, 2.05) is 49.5 Å². The Morgan fingerprint density at radius 1 is 0.938 bits per heavy atom. The zero-order chi connectivity index (χ0) is 22.3. The van der Waals surface area contributed by atoms with Crippen LogP contribution in [0.5, 0.6) is 0 Å². The number of carbonyl (C=O) groups is 2. The number of hydrogen-bond donors (Lipinski definition) is 1. The average molecular weight is 427 g/mol. The Labute approximate surface area is 190 Å². The predicted molar refractivity (Wildman–Crippen MR) is 128 cm³/mol. The molecular weight excluding hydrogens is 396 g/mol. The van der Waals surface area contributed by atoms with Crippen LogP contribution in [0.1, 0.15) is 34.3 Å². The second kappa shape index (κ2) is 10.3. The maximum Gasteiger partial charge on any atom is 0.253 e. The number of amides is 2. The summed E-state index contributed by atoms with van der Waals surface area (Å²) in [5.41, 5.74) is 5.19. The van der Waals surface area contributed by atoms with E-state index in [9.17, 15) is 9.59 Å². The third-order valence-corrected chi connectivity index (χ3v) is 6.20. The van der Waals surface area contributed by atoms with Crippen LogP contribution >= 0.6 is 0 Å². The number of nitrogens with zero attached hydrogens (tertiary/aromatic N) is 1. The van der Waals surface area contributed by atoms with Gasteiger partial charge in [0.2, 0.25) is 5.91 Å². The molecule has 4 rings (SSSR count). The minimum absolute atomic E-state index is 0.0303. The van der Waals surface area contributed by atoms with Crippen molar-refractivity contribution in [2.24, 2.45) is 5.92 Å². The molecule has 2 amide bonds. The van der Waals surface area contributed by atoms with Gasteiger partial charge < -0.3 is 10.2 Å². The molecule has 1 aliphatic rings. The fourth-order valence-electron chi connectivity index (χ4n) is 4.24. The smallest absolute Gasteiger partial charge is 0.253 e. The highest BCUT2D eigenvalue weighted by Gasteiger charge is 2.22. The third-order valence-electron chi connectivity index (χ3n) is 6.20. The molecule has 0 radical (unpaired) electrons. The second-order valence-corrected chi connectivity index (χ2v) is 8.57. The maximum absolute atomic E-state index is 12.9. The molecule has 4 heteroatoms. The normalized spacial score (nSPS) is 15.8. The molecule has 0 aliphatic carbocycles. The standard InChI is InChI=1S/C28H30N2O2/c1-30(18-16-21-7-3-2-4-8-21)28(32)26-10-5-9-24(20-26)23-14-12-22(13-15-23)19-25-11-6-17-29-27(25)31/h2-5,7-10,12-15,20,25H,6,11,16-19H2,1H3,(H,29,31)/t25-/m1/s1. The van der Waals surface area contributed by atoms with E-state index in [1.165, 1.54) is 11.1 Å². The Kier molecular flexibility index (Phi) is 7.00. The number of benzene rings is 3. The van der Waals surface area contributed by atoms with Crippen LogP contribution in [0.4, 0.5) is 0 Å². The van der Waals surface area contributed by atoms with Crippen LogP contribution in [-0.2, 0) is 17.6 Å². The Morgan fingerprint density at radius 2 is 1.72 bits per heavy atom. The minimum atomic E-state index is 0.0303. The molecule has 164 valence electrons. The lowest BCUT2D eigenvalue weighted by Crippen LogP contribution is -2.37. The lowest BCUT2D eigenvalue weighted by molar-refractivity contribution is -0.126. The number of piperidine rings is 1. The molecular formula is C28H30N2O2. The van der Waals surface area contributed by atoms with E-state index in [1.54, 1.807) is 4.90 Å². The topological polar surface area (TPSA) is 49.4 Å². The summed E-state index contributed by atoms with van der Waals surface area (Å²) >= 11 is 0. The highest BCUT2D eigenvalue weighted by molar-refractivity contribution is 5.95. The van der Waals surface area contributed by atoms with Crippen molar-refractivity contribution in [2.75, 3.05) is 20.1 Å². The van der Waals surface area contributed by atoms with Crippen molar-refractivity contribution < 1.29 is 9.59 Å². The van der Waals surface area contributed by atoms with Gasteiger partial charge in [0.05, 0.1) is 0 Å². The van der Waals surface area contributed by atoms with Crippen molar-refractivity contribution in [3.63, 3.8) is 0 Å². The van der Waals surface area contributed by atoms with Crippen LogP contribution in [0.2, 0.25) is 0 Å². The van der Waals surface area contributed by atoms with Crippen LogP contribution in [0.3, 0.4) is 0 Å². The number of hydrogen-bond acceptors (Lipinski definition) is 2. The van der Waals surface area contributed by atoms with Gasteiger partial charge in [0, 0.05) is 31.6 Å². The molecule has 3 aromatic rings. The van der Waals surface area contributed by atoms with E-state index >= 15 is 0 Å². The van der Waals surface area contributed by atoms with Crippen molar-refractivity contribution in [3.8, 4) is 11.1 Å². The summed E-state index contributed by atoms with van der Waals surface area (Å²) in [4.78, 5) is 26.7. The molecule has 0 spiro atoms. The summed E-state index contributed by atoms with van der Waals surface area (Å²) in [5, 5.41) is 2.96. The van der Waals surface area contributed by atoms with Crippen LogP contribution in [0.15, 0.2) is 78.9 Å². The average Bonchev–Trinajstić information content (AvgIpc) is 2.84. The fraction of sp³-hybridized carbons (Fsp3) is 0.286. The van der Waals surface area contributed by atoms with Gasteiger partial charge in [-0.1, -0.05) is 66.7 Å². The van der Waals surface area contributed by atoms with Crippen LogP contribution in [0.25, 0.3) is 11.1 Å². The van der Waals surface area contributed by atoms with Gasteiger partial charge in [0.1, 0.15) is 0 Å². The molecule has 1 heterocycles. The first-order valence-corrected chi connectivity index (χ1v) is 11.4. The molecule has 0 aromatic heterocycles. The maximum atomic E-state index is 12.9. The molecule has 1 saturated heterocycles. The molecule has 0 saturated carbocycles. The van der Waals surface area contributed by atoms with Crippen molar-refractivity contribution in [3.05, 3.63) is 95.6 Å². The summed E-state index contributed by atoms with van der Waals surface area (Å²) in [7, 11) is 1.86. The fourth-order valence-corrected chi connectivity index (χ4v) is 4.24. The summed E-state index contributed by atoms with van der Waals surface area (Å²) in [6.07, 6.45) is 3.62. The van der Waals surface area contributed by atoms with E-state index < -0.39 is 0 Å². The van der Waals surface area contributed by atoms with Crippen molar-refractivity contribution >= 4 is 11.8 Å². The highest BCUT2D eigenvalue weighted by atomic mass is 16.2. The molecule has 1 aliphatic heterocycles. The van der Waals surface area contributed by atoms with Crippen LogP contribution in [0, 0.1) is 5.92 Å². The van der Waals surface area contributed by atoms with Crippen molar-refractivity contribution in [1.29, 1.82) is 0 Å². The largest absolute Gasteiger partial charge is 0.356 e. The Hall–Kier alpha value is -3.40. The van der Waals surface area contributed by atoms with E-state index in [-0.39, 0.29) is 17.7 Å². The van der Waals surface area contributed by atoms with Gasteiger partial charge in [-0.05, 0) is 60.1 Å². The predicted octanol–water partition coefficient (Wildman–Crippen LogP) is 4.74. The van der Waals surface area contributed by atoms with Gasteiger partial charge in [0.15, 0.2) is 0 Å². The molecule has 1 fully saturated rings. The summed E-state index contributed by atoms with van der Waals surface area (Å²) in [6, 6.07) is 26.4. The summed E-state index contributed by atoms with van der Waals surface area (Å²) in [6.45, 7) is 1.47. The lowest BCUT2D eigenvalue weighted by Gasteiger charge is -2.21. The molecule has 3 aromatic carbocycles. The zero-order valence-corrected chi connectivity index (χ0v) is 18.6. The first-order chi connectivity index (χ1) is 15.6. The molecule has 0 bridgehead atoms. The number of likely N-dealkylation sites (N-methyl/N-ethyl adjacent to an activating group) is 1. The van der Waals surface area contributed by atoms with Gasteiger partial charge in [-0.2, -0.15) is 0 Å². The Bertz CT molecular complexity index is 1060. The quantitative estimate of drug-likeness (QED) is 0.593. The number of carbonyl (C=O) groups excluding carboxylic acids is 2. The molecule has 1 N–H and O–H groups in total. The number of rotatable bonds is 7. The Morgan fingerprint density at radius 3 is 2.47 bits per heavy atom. The molecule has 4 nitrogen and oxygen atoms in total. The molecule has 0 unspecified atom stereocenters. The zero-order valence-electron chi connectivity index (χ0n) is 18.6. The second-order valence-electron chi connectivity index (χ2n) is 8.57. The van der Waals surface area contributed by atoms with Crippen LogP contribution in [-0.4, -0.2) is 36.9 Å². The van der Waals surface area contributed by atoms with Gasteiger partial charge in [-0.15, -0.1) is 0 Å². The first-order valence-electron chi connectivity index (χ1n) is 11.4. The van der Waals surface area contributed by atoms with Crippen molar-refractivity contribution in [2.45, 2.75) is 25.7 Å². The van der Waals surface area contributed by atoms with E-state index in [2.05, 4.69) is 41.7 Å². The van der Waals surface area contributed by atoms with E-state index in [0.29, 0.717) is 12.1 Å². The van der Waals surface area contributed by atoms with Crippen molar-refractivity contribution in [1.82, 2.24) is 10.2 Å².